The average molecular weight is 212 g/mol. The van der Waals surface area contributed by atoms with Gasteiger partial charge in [-0.25, -0.2) is 0 Å². The molecular formula is C13H24O2. The van der Waals surface area contributed by atoms with Crippen molar-refractivity contribution in [2.45, 2.75) is 59.0 Å². The first-order chi connectivity index (χ1) is 7.05. The third-order valence-electron chi connectivity index (χ3n) is 4.21. The number of aldehydes is 1. The second-order valence-electron chi connectivity index (χ2n) is 5.34. The molecule has 1 fully saturated rings. The lowest BCUT2D eigenvalue weighted by Gasteiger charge is -2.44. The number of hydrogen-bond acceptors (Lipinski definition) is 2. The molecule has 0 aromatic carbocycles. The first-order valence-corrected chi connectivity index (χ1v) is 6.19. The molecule has 0 amide bonds. The summed E-state index contributed by atoms with van der Waals surface area (Å²) in [6.45, 7) is 6.32. The van der Waals surface area contributed by atoms with Crippen molar-refractivity contribution in [1.82, 2.24) is 0 Å². The number of hydrogen-bond donors (Lipinski definition) is 1. The van der Waals surface area contributed by atoms with E-state index in [1.54, 1.807) is 0 Å². The van der Waals surface area contributed by atoms with Gasteiger partial charge in [0, 0.05) is 5.41 Å². The minimum Gasteiger partial charge on any atom is -0.393 e. The van der Waals surface area contributed by atoms with E-state index in [0.717, 1.165) is 38.4 Å². The van der Waals surface area contributed by atoms with E-state index >= 15 is 0 Å². The van der Waals surface area contributed by atoms with Crippen molar-refractivity contribution in [3.05, 3.63) is 0 Å². The average Bonchev–Trinajstić information content (AvgIpc) is 2.24. The van der Waals surface area contributed by atoms with Gasteiger partial charge >= 0.3 is 0 Å². The molecule has 4 atom stereocenters. The molecule has 0 spiro atoms. The Labute approximate surface area is 93.1 Å². The second-order valence-corrected chi connectivity index (χ2v) is 5.34. The van der Waals surface area contributed by atoms with Gasteiger partial charge in [0.05, 0.1) is 6.10 Å². The maximum absolute atomic E-state index is 11.2. The third kappa shape index (κ3) is 2.60. The molecule has 0 heterocycles. The largest absolute Gasteiger partial charge is 0.393 e. The van der Waals surface area contributed by atoms with Gasteiger partial charge in [-0.2, -0.15) is 0 Å². The molecule has 0 aliphatic heterocycles. The van der Waals surface area contributed by atoms with Crippen molar-refractivity contribution in [2.75, 3.05) is 0 Å². The summed E-state index contributed by atoms with van der Waals surface area (Å²) in [5.41, 5.74) is -0.201. The molecule has 2 unspecified atom stereocenters. The van der Waals surface area contributed by atoms with Gasteiger partial charge in [0.2, 0.25) is 0 Å². The van der Waals surface area contributed by atoms with Crippen molar-refractivity contribution in [2.24, 2.45) is 17.3 Å². The predicted molar refractivity (Wildman–Crippen MR) is 61.6 cm³/mol. The van der Waals surface area contributed by atoms with Crippen molar-refractivity contribution in [3.8, 4) is 0 Å². The molecule has 1 aliphatic carbocycles. The molecule has 1 rings (SSSR count). The number of aliphatic hydroxyl groups excluding tert-OH is 1. The van der Waals surface area contributed by atoms with E-state index in [-0.39, 0.29) is 17.4 Å². The topological polar surface area (TPSA) is 37.3 Å². The lowest BCUT2D eigenvalue weighted by Crippen LogP contribution is -2.43. The van der Waals surface area contributed by atoms with E-state index in [9.17, 15) is 9.90 Å². The van der Waals surface area contributed by atoms with E-state index in [4.69, 9.17) is 0 Å². The van der Waals surface area contributed by atoms with E-state index in [2.05, 4.69) is 20.8 Å². The lowest BCUT2D eigenvalue weighted by molar-refractivity contribution is -0.126. The van der Waals surface area contributed by atoms with Gasteiger partial charge in [0.25, 0.3) is 0 Å². The zero-order valence-electron chi connectivity index (χ0n) is 10.2. The Morgan fingerprint density at radius 1 is 1.53 bits per heavy atom. The van der Waals surface area contributed by atoms with E-state index in [1.165, 1.54) is 0 Å². The summed E-state index contributed by atoms with van der Waals surface area (Å²) in [6, 6.07) is 0. The van der Waals surface area contributed by atoms with Crippen LogP contribution in [0.15, 0.2) is 0 Å². The molecule has 0 bridgehead atoms. The lowest BCUT2D eigenvalue weighted by atomic mass is 9.61. The number of carbonyl (C=O) groups is 1. The maximum Gasteiger partial charge on any atom is 0.126 e. The molecule has 88 valence electrons. The van der Waals surface area contributed by atoms with Crippen LogP contribution in [0.25, 0.3) is 0 Å². The fraction of sp³-hybridized carbons (Fsp3) is 0.923. The van der Waals surface area contributed by atoms with Crippen LogP contribution >= 0.6 is 0 Å². The molecule has 1 N–H and O–H groups in total. The molecule has 1 saturated carbocycles. The summed E-state index contributed by atoms with van der Waals surface area (Å²) < 4.78 is 0. The van der Waals surface area contributed by atoms with Crippen LogP contribution in [0.1, 0.15) is 52.9 Å². The van der Waals surface area contributed by atoms with Gasteiger partial charge in [-0.3, -0.25) is 0 Å². The van der Waals surface area contributed by atoms with Crippen LogP contribution in [0.2, 0.25) is 0 Å². The minimum atomic E-state index is -0.208. The van der Waals surface area contributed by atoms with Crippen LogP contribution in [0.3, 0.4) is 0 Å². The summed E-state index contributed by atoms with van der Waals surface area (Å²) in [5, 5.41) is 9.86. The SMILES string of the molecule is CCCCC1[C@H](C)C(O)CC[C@]1(C)C=O. The van der Waals surface area contributed by atoms with Crippen LogP contribution in [0.4, 0.5) is 0 Å². The molecule has 0 aromatic heterocycles. The summed E-state index contributed by atoms with van der Waals surface area (Å²) in [6.07, 6.45) is 5.92. The number of carbonyl (C=O) groups excluding carboxylic acids is 1. The molecule has 0 radical (unpaired) electrons. The minimum absolute atomic E-state index is 0.201. The summed E-state index contributed by atoms with van der Waals surface area (Å²) in [5.74, 6) is 0.624. The van der Waals surface area contributed by atoms with Crippen molar-refractivity contribution in [3.63, 3.8) is 0 Å². The highest BCUT2D eigenvalue weighted by Gasteiger charge is 2.43. The summed E-state index contributed by atoms with van der Waals surface area (Å²) >= 11 is 0. The van der Waals surface area contributed by atoms with Crippen molar-refractivity contribution in [1.29, 1.82) is 0 Å². The Morgan fingerprint density at radius 2 is 2.20 bits per heavy atom. The highest BCUT2D eigenvalue weighted by atomic mass is 16.3. The monoisotopic (exact) mass is 212 g/mol. The van der Waals surface area contributed by atoms with Crippen LogP contribution in [0.5, 0.6) is 0 Å². The Kier molecular flexibility index (Phi) is 4.32. The van der Waals surface area contributed by atoms with E-state index in [0.29, 0.717) is 5.92 Å². The highest BCUT2D eigenvalue weighted by Crippen LogP contribution is 2.45. The van der Waals surface area contributed by atoms with Gasteiger partial charge in [0.1, 0.15) is 6.29 Å². The number of rotatable bonds is 4. The molecule has 2 heteroatoms. The number of aliphatic hydroxyl groups is 1. The summed E-state index contributed by atoms with van der Waals surface area (Å²) in [4.78, 5) is 11.2. The van der Waals surface area contributed by atoms with Gasteiger partial charge in [-0.15, -0.1) is 0 Å². The Bertz CT molecular complexity index is 215. The predicted octanol–water partition coefficient (Wildman–Crippen LogP) is 2.79. The first kappa shape index (κ1) is 12.7. The van der Waals surface area contributed by atoms with Crippen LogP contribution in [-0.2, 0) is 4.79 Å². The standard InChI is InChI=1S/C13H24O2/c1-4-5-6-11-10(2)12(15)7-8-13(11,3)9-14/h9-12,15H,4-8H2,1-3H3/t10-,11?,12?,13+/m0/s1. The zero-order valence-corrected chi connectivity index (χ0v) is 10.2. The third-order valence-corrected chi connectivity index (χ3v) is 4.21. The molecule has 0 aromatic rings. The zero-order chi connectivity index (χ0) is 11.5. The molecule has 1 aliphatic rings. The van der Waals surface area contributed by atoms with E-state index in [1.807, 2.05) is 0 Å². The summed E-state index contributed by atoms with van der Waals surface area (Å²) in [7, 11) is 0. The first-order valence-electron chi connectivity index (χ1n) is 6.19. The van der Waals surface area contributed by atoms with Crippen LogP contribution in [-0.4, -0.2) is 17.5 Å². The Morgan fingerprint density at radius 3 is 2.73 bits per heavy atom. The smallest absolute Gasteiger partial charge is 0.126 e. The quantitative estimate of drug-likeness (QED) is 0.728. The number of unbranched alkanes of at least 4 members (excludes halogenated alkanes) is 1. The van der Waals surface area contributed by atoms with Gasteiger partial charge in [0.15, 0.2) is 0 Å². The highest BCUT2D eigenvalue weighted by molar-refractivity contribution is 5.59. The van der Waals surface area contributed by atoms with Gasteiger partial charge in [-0.05, 0) is 31.1 Å². The fourth-order valence-corrected chi connectivity index (χ4v) is 2.94. The van der Waals surface area contributed by atoms with Gasteiger partial charge in [-0.1, -0.05) is 33.6 Å². The second kappa shape index (κ2) is 5.11. The Balaban J connectivity index is 2.75. The maximum atomic E-state index is 11.2. The van der Waals surface area contributed by atoms with E-state index < -0.39 is 0 Å². The molecule has 2 nitrogen and oxygen atoms in total. The fourth-order valence-electron chi connectivity index (χ4n) is 2.94. The molecule has 0 saturated heterocycles. The molecular weight excluding hydrogens is 188 g/mol. The molecule has 15 heavy (non-hydrogen) atoms. The Hall–Kier alpha value is -0.370. The van der Waals surface area contributed by atoms with Crippen molar-refractivity contribution >= 4 is 6.29 Å². The normalized spacial score (nSPS) is 41.5. The van der Waals surface area contributed by atoms with Crippen LogP contribution in [0, 0.1) is 17.3 Å². The van der Waals surface area contributed by atoms with Crippen LogP contribution < -0.4 is 0 Å². The van der Waals surface area contributed by atoms with Crippen molar-refractivity contribution < 1.29 is 9.90 Å². The van der Waals surface area contributed by atoms with Gasteiger partial charge < -0.3 is 9.90 Å².